The highest BCUT2D eigenvalue weighted by Gasteiger charge is 2.12. The number of nitrogens with two attached hydrogens (primary N) is 2. The van der Waals surface area contributed by atoms with Crippen LogP contribution in [0, 0.1) is 10.1 Å². The SMILES string of the molecule is NNc1cc(-n2cc(C(N)=O)cn2)cc([N+](=O)[O-])c1. The summed E-state index contributed by atoms with van der Waals surface area (Å²) in [5.41, 5.74) is 8.21. The number of nitrogen functional groups attached to an aromatic ring is 1. The Morgan fingerprint density at radius 3 is 2.68 bits per heavy atom. The lowest BCUT2D eigenvalue weighted by Gasteiger charge is -2.05. The number of rotatable bonds is 4. The largest absolute Gasteiger partial charge is 0.366 e. The molecule has 2 rings (SSSR count). The van der Waals surface area contributed by atoms with Gasteiger partial charge in [-0.3, -0.25) is 20.8 Å². The second kappa shape index (κ2) is 4.74. The van der Waals surface area contributed by atoms with Gasteiger partial charge in [0.25, 0.3) is 11.6 Å². The van der Waals surface area contributed by atoms with Crippen molar-refractivity contribution in [1.82, 2.24) is 9.78 Å². The van der Waals surface area contributed by atoms with Crippen molar-refractivity contribution in [1.29, 1.82) is 0 Å². The highest BCUT2D eigenvalue weighted by molar-refractivity contribution is 5.92. The Morgan fingerprint density at radius 1 is 1.42 bits per heavy atom. The number of hydrogen-bond acceptors (Lipinski definition) is 6. The average Bonchev–Trinajstić information content (AvgIpc) is 2.87. The molecule has 9 nitrogen and oxygen atoms in total. The molecule has 0 spiro atoms. The lowest BCUT2D eigenvalue weighted by Crippen LogP contribution is -2.10. The number of primary amides is 1. The molecule has 0 aliphatic rings. The summed E-state index contributed by atoms with van der Waals surface area (Å²) >= 11 is 0. The maximum atomic E-state index is 11.0. The summed E-state index contributed by atoms with van der Waals surface area (Å²) in [7, 11) is 0. The van der Waals surface area contributed by atoms with E-state index in [0.29, 0.717) is 11.4 Å². The van der Waals surface area contributed by atoms with E-state index in [2.05, 4.69) is 10.5 Å². The van der Waals surface area contributed by atoms with Crippen molar-refractivity contribution in [2.75, 3.05) is 5.43 Å². The molecule has 0 aliphatic carbocycles. The van der Waals surface area contributed by atoms with Gasteiger partial charge < -0.3 is 11.2 Å². The van der Waals surface area contributed by atoms with Crippen molar-refractivity contribution in [3.63, 3.8) is 0 Å². The van der Waals surface area contributed by atoms with E-state index in [1.54, 1.807) is 6.07 Å². The fraction of sp³-hybridized carbons (Fsp3) is 0. The van der Waals surface area contributed by atoms with Crippen molar-refractivity contribution in [2.24, 2.45) is 11.6 Å². The number of nitro groups is 1. The zero-order chi connectivity index (χ0) is 14.0. The van der Waals surface area contributed by atoms with E-state index >= 15 is 0 Å². The molecule has 1 aromatic carbocycles. The lowest BCUT2D eigenvalue weighted by atomic mass is 10.2. The number of hydrogen-bond donors (Lipinski definition) is 3. The van der Waals surface area contributed by atoms with Gasteiger partial charge in [-0.25, -0.2) is 4.68 Å². The molecule has 0 aliphatic heterocycles. The molecule has 0 atom stereocenters. The van der Waals surface area contributed by atoms with E-state index in [-0.39, 0.29) is 11.3 Å². The van der Waals surface area contributed by atoms with Crippen molar-refractivity contribution in [3.8, 4) is 5.69 Å². The summed E-state index contributed by atoms with van der Waals surface area (Å²) in [5.74, 6) is 4.61. The van der Waals surface area contributed by atoms with Crippen LogP contribution in [0.15, 0.2) is 30.6 Å². The molecule has 19 heavy (non-hydrogen) atoms. The number of nitrogens with zero attached hydrogens (tertiary/aromatic N) is 3. The molecule has 0 radical (unpaired) electrons. The van der Waals surface area contributed by atoms with Gasteiger partial charge in [-0.2, -0.15) is 5.10 Å². The maximum absolute atomic E-state index is 11.0. The third-order valence-corrected chi connectivity index (χ3v) is 2.41. The second-order valence-corrected chi connectivity index (χ2v) is 3.68. The van der Waals surface area contributed by atoms with E-state index in [1.807, 2.05) is 0 Å². The Balaban J connectivity index is 2.50. The predicted octanol–water partition coefficient (Wildman–Crippen LogP) is 0.165. The molecular weight excluding hydrogens is 252 g/mol. The first-order valence-corrected chi connectivity index (χ1v) is 5.12. The van der Waals surface area contributed by atoms with Gasteiger partial charge in [0, 0.05) is 18.3 Å². The minimum absolute atomic E-state index is 0.151. The molecule has 5 N–H and O–H groups in total. The molecule has 9 heteroatoms. The van der Waals surface area contributed by atoms with Gasteiger partial charge in [-0.05, 0) is 6.07 Å². The first kappa shape index (κ1) is 12.5. The van der Waals surface area contributed by atoms with Gasteiger partial charge in [0.05, 0.1) is 28.1 Å². The van der Waals surface area contributed by atoms with E-state index < -0.39 is 10.8 Å². The first-order chi connectivity index (χ1) is 9.01. The van der Waals surface area contributed by atoms with Gasteiger partial charge >= 0.3 is 0 Å². The van der Waals surface area contributed by atoms with E-state index in [1.165, 1.54) is 29.2 Å². The fourth-order valence-electron chi connectivity index (χ4n) is 1.51. The number of aromatic nitrogens is 2. The van der Waals surface area contributed by atoms with E-state index in [9.17, 15) is 14.9 Å². The number of carbonyl (C=O) groups is 1. The Labute approximate surface area is 106 Å². The zero-order valence-electron chi connectivity index (χ0n) is 9.61. The van der Waals surface area contributed by atoms with Crippen LogP contribution in [0.25, 0.3) is 5.69 Å². The molecule has 0 unspecified atom stereocenters. The van der Waals surface area contributed by atoms with E-state index in [4.69, 9.17) is 11.6 Å². The first-order valence-electron chi connectivity index (χ1n) is 5.12. The normalized spacial score (nSPS) is 10.2. The third kappa shape index (κ3) is 2.50. The van der Waals surface area contributed by atoms with Gasteiger partial charge in [0.1, 0.15) is 0 Å². The summed E-state index contributed by atoms with van der Waals surface area (Å²) in [6.07, 6.45) is 2.65. The van der Waals surface area contributed by atoms with Crippen LogP contribution < -0.4 is 17.0 Å². The molecule has 0 saturated heterocycles. The molecule has 2 aromatic rings. The van der Waals surface area contributed by atoms with Gasteiger partial charge in [0.15, 0.2) is 0 Å². The monoisotopic (exact) mass is 262 g/mol. The average molecular weight is 262 g/mol. The van der Waals surface area contributed by atoms with Crippen LogP contribution in [0.5, 0.6) is 0 Å². The van der Waals surface area contributed by atoms with Gasteiger partial charge in [-0.1, -0.05) is 0 Å². The summed E-state index contributed by atoms with van der Waals surface area (Å²) in [5, 5.41) is 14.7. The Bertz CT molecular complexity index is 650. The highest BCUT2D eigenvalue weighted by atomic mass is 16.6. The molecule has 0 fully saturated rings. The molecular formula is C10H10N6O3. The second-order valence-electron chi connectivity index (χ2n) is 3.68. The van der Waals surface area contributed by atoms with Crippen LogP contribution in [0.4, 0.5) is 11.4 Å². The number of nitro benzene ring substituents is 1. The maximum Gasteiger partial charge on any atom is 0.273 e. The summed E-state index contributed by atoms with van der Waals surface area (Å²) in [6, 6.07) is 4.13. The number of hydrazine groups is 1. The summed E-state index contributed by atoms with van der Waals surface area (Å²) in [4.78, 5) is 21.2. The van der Waals surface area contributed by atoms with Crippen LogP contribution in [-0.4, -0.2) is 20.6 Å². The van der Waals surface area contributed by atoms with Gasteiger partial charge in [-0.15, -0.1) is 0 Å². The van der Waals surface area contributed by atoms with Crippen molar-refractivity contribution in [2.45, 2.75) is 0 Å². The lowest BCUT2D eigenvalue weighted by molar-refractivity contribution is -0.384. The predicted molar refractivity (Wildman–Crippen MR) is 66.5 cm³/mol. The Morgan fingerprint density at radius 2 is 2.16 bits per heavy atom. The van der Waals surface area contributed by atoms with E-state index in [0.717, 1.165) is 0 Å². The van der Waals surface area contributed by atoms with Crippen LogP contribution in [0.2, 0.25) is 0 Å². The van der Waals surface area contributed by atoms with Crippen LogP contribution in [0.1, 0.15) is 10.4 Å². The Kier molecular flexibility index (Phi) is 3.12. The number of anilines is 1. The number of benzene rings is 1. The quantitative estimate of drug-likeness (QED) is 0.407. The summed E-state index contributed by atoms with van der Waals surface area (Å²) in [6.45, 7) is 0. The smallest absolute Gasteiger partial charge is 0.273 e. The zero-order valence-corrected chi connectivity index (χ0v) is 9.61. The van der Waals surface area contributed by atoms with Crippen molar-refractivity contribution >= 4 is 17.3 Å². The van der Waals surface area contributed by atoms with Crippen LogP contribution in [0.3, 0.4) is 0 Å². The molecule has 1 amide bonds. The summed E-state index contributed by atoms with van der Waals surface area (Å²) < 4.78 is 1.30. The van der Waals surface area contributed by atoms with Gasteiger partial charge in [0.2, 0.25) is 0 Å². The molecule has 98 valence electrons. The number of carbonyl (C=O) groups excluding carboxylic acids is 1. The minimum atomic E-state index is -0.631. The van der Waals surface area contributed by atoms with Crippen molar-refractivity contribution in [3.05, 3.63) is 46.3 Å². The third-order valence-electron chi connectivity index (χ3n) is 2.41. The Hall–Kier alpha value is -2.94. The standard InChI is InChI=1S/C10H10N6O3/c11-10(17)6-4-13-15(5-6)8-1-7(14-12)2-9(3-8)16(18)19/h1-5,14H,12H2,(H2,11,17). The molecule has 0 saturated carbocycles. The topological polar surface area (TPSA) is 142 Å². The van der Waals surface area contributed by atoms with Crippen molar-refractivity contribution < 1.29 is 9.72 Å². The van der Waals surface area contributed by atoms with Crippen LogP contribution >= 0.6 is 0 Å². The van der Waals surface area contributed by atoms with Crippen LogP contribution in [-0.2, 0) is 0 Å². The molecule has 0 bridgehead atoms. The minimum Gasteiger partial charge on any atom is -0.366 e. The number of amides is 1. The number of non-ortho nitro benzene ring substituents is 1. The highest BCUT2D eigenvalue weighted by Crippen LogP contribution is 2.22. The number of nitrogens with one attached hydrogen (secondary N) is 1. The molecule has 1 heterocycles. The fourth-order valence-corrected chi connectivity index (χ4v) is 1.51. The molecule has 1 aromatic heterocycles.